The highest BCUT2D eigenvalue weighted by atomic mass is 19.1. The van der Waals surface area contributed by atoms with E-state index in [0.29, 0.717) is 6.54 Å². The Morgan fingerprint density at radius 1 is 1.41 bits per heavy atom. The van der Waals surface area contributed by atoms with E-state index in [2.05, 4.69) is 10.2 Å². The van der Waals surface area contributed by atoms with Crippen LogP contribution in [-0.2, 0) is 11.3 Å². The predicted molar refractivity (Wildman–Crippen MR) is 68.9 cm³/mol. The maximum absolute atomic E-state index is 13.7. The topological polar surface area (TPSA) is 24.5 Å². The fourth-order valence-electron chi connectivity index (χ4n) is 1.82. The van der Waals surface area contributed by atoms with Crippen molar-refractivity contribution in [3.05, 3.63) is 29.6 Å². The second kappa shape index (κ2) is 7.25. The van der Waals surface area contributed by atoms with Crippen molar-refractivity contribution in [3.8, 4) is 0 Å². The molecule has 0 radical (unpaired) electrons. The smallest absolute Gasteiger partial charge is 0.129 e. The summed E-state index contributed by atoms with van der Waals surface area (Å²) in [6, 6.07) is 5.19. The third kappa shape index (κ3) is 3.98. The third-order valence-corrected chi connectivity index (χ3v) is 2.70. The van der Waals surface area contributed by atoms with E-state index in [1.165, 1.54) is 6.07 Å². The summed E-state index contributed by atoms with van der Waals surface area (Å²) in [6.07, 6.45) is 0.933. The van der Waals surface area contributed by atoms with Gasteiger partial charge in [0.2, 0.25) is 0 Å². The molecule has 1 N–H and O–H groups in total. The Labute approximate surface area is 103 Å². The van der Waals surface area contributed by atoms with Gasteiger partial charge < -0.3 is 15.0 Å². The first-order valence-electron chi connectivity index (χ1n) is 5.82. The molecule has 0 saturated carbocycles. The lowest BCUT2D eigenvalue weighted by molar-refractivity contribution is 0.196. The number of hydrogen-bond acceptors (Lipinski definition) is 3. The van der Waals surface area contributed by atoms with Gasteiger partial charge in [0.15, 0.2) is 0 Å². The Morgan fingerprint density at radius 2 is 2.18 bits per heavy atom. The summed E-state index contributed by atoms with van der Waals surface area (Å²) >= 11 is 0. The summed E-state index contributed by atoms with van der Waals surface area (Å²) in [7, 11) is 5.49. The van der Waals surface area contributed by atoms with Gasteiger partial charge >= 0.3 is 0 Å². The van der Waals surface area contributed by atoms with Crippen LogP contribution in [0.3, 0.4) is 0 Å². The SMILES string of the molecule is CNCc1c(F)cccc1N(C)CCCOC. The zero-order valence-electron chi connectivity index (χ0n) is 10.8. The third-order valence-electron chi connectivity index (χ3n) is 2.70. The van der Waals surface area contributed by atoms with E-state index in [1.807, 2.05) is 20.2 Å². The molecule has 0 amide bonds. The van der Waals surface area contributed by atoms with Gasteiger partial charge in [-0.05, 0) is 25.6 Å². The molecule has 0 saturated heterocycles. The van der Waals surface area contributed by atoms with Gasteiger partial charge in [-0.25, -0.2) is 4.39 Å². The summed E-state index contributed by atoms with van der Waals surface area (Å²) in [4.78, 5) is 2.06. The molecule has 0 aromatic heterocycles. The van der Waals surface area contributed by atoms with Crippen LogP contribution in [0.25, 0.3) is 0 Å². The lowest BCUT2D eigenvalue weighted by Crippen LogP contribution is -2.22. The van der Waals surface area contributed by atoms with Crippen molar-refractivity contribution in [2.24, 2.45) is 0 Å². The van der Waals surface area contributed by atoms with Crippen molar-refractivity contribution in [3.63, 3.8) is 0 Å². The summed E-state index contributed by atoms with van der Waals surface area (Å²) in [6.45, 7) is 2.12. The Balaban J connectivity index is 2.77. The number of ether oxygens (including phenoxy) is 1. The largest absolute Gasteiger partial charge is 0.385 e. The number of nitrogens with zero attached hydrogens (tertiary/aromatic N) is 1. The zero-order valence-corrected chi connectivity index (χ0v) is 10.8. The van der Waals surface area contributed by atoms with Crippen LogP contribution >= 0.6 is 0 Å². The molecule has 3 nitrogen and oxygen atoms in total. The fourth-order valence-corrected chi connectivity index (χ4v) is 1.82. The molecule has 1 aromatic carbocycles. The van der Waals surface area contributed by atoms with Crippen molar-refractivity contribution in [1.29, 1.82) is 0 Å². The van der Waals surface area contributed by atoms with Crippen LogP contribution in [0.5, 0.6) is 0 Å². The summed E-state index contributed by atoms with van der Waals surface area (Å²) in [5.74, 6) is -0.157. The quantitative estimate of drug-likeness (QED) is 0.738. The molecule has 0 atom stereocenters. The number of halogens is 1. The highest BCUT2D eigenvalue weighted by Crippen LogP contribution is 2.22. The van der Waals surface area contributed by atoms with Crippen LogP contribution in [0, 0.1) is 5.82 Å². The molecule has 1 aromatic rings. The van der Waals surface area contributed by atoms with Gasteiger partial charge in [-0.15, -0.1) is 0 Å². The first-order chi connectivity index (χ1) is 8.20. The van der Waals surface area contributed by atoms with Gasteiger partial charge in [-0.1, -0.05) is 6.07 Å². The number of benzene rings is 1. The van der Waals surface area contributed by atoms with Gasteiger partial charge in [0.1, 0.15) is 5.82 Å². The maximum Gasteiger partial charge on any atom is 0.129 e. The number of nitrogens with one attached hydrogen (secondary N) is 1. The minimum Gasteiger partial charge on any atom is -0.385 e. The molecule has 0 aliphatic carbocycles. The van der Waals surface area contributed by atoms with Crippen molar-refractivity contribution in [2.45, 2.75) is 13.0 Å². The minimum absolute atomic E-state index is 0.157. The van der Waals surface area contributed by atoms with Crippen LogP contribution < -0.4 is 10.2 Å². The lowest BCUT2D eigenvalue weighted by atomic mass is 10.1. The van der Waals surface area contributed by atoms with Crippen molar-refractivity contribution in [2.75, 3.05) is 39.3 Å². The van der Waals surface area contributed by atoms with E-state index < -0.39 is 0 Å². The summed E-state index contributed by atoms with van der Waals surface area (Å²) < 4.78 is 18.7. The van der Waals surface area contributed by atoms with Gasteiger partial charge in [0, 0.05) is 45.1 Å². The van der Waals surface area contributed by atoms with E-state index in [-0.39, 0.29) is 5.82 Å². The zero-order chi connectivity index (χ0) is 12.7. The second-order valence-electron chi connectivity index (χ2n) is 4.04. The van der Waals surface area contributed by atoms with Crippen molar-refractivity contribution < 1.29 is 9.13 Å². The average molecular weight is 240 g/mol. The van der Waals surface area contributed by atoms with Gasteiger partial charge in [0.05, 0.1) is 0 Å². The molecule has 0 aliphatic rings. The molecule has 1 rings (SSSR count). The Morgan fingerprint density at radius 3 is 2.82 bits per heavy atom. The molecule has 0 spiro atoms. The van der Waals surface area contributed by atoms with Gasteiger partial charge in [0.25, 0.3) is 0 Å². The number of anilines is 1. The molecule has 17 heavy (non-hydrogen) atoms. The van der Waals surface area contributed by atoms with E-state index >= 15 is 0 Å². The Bertz CT molecular complexity index is 344. The molecule has 0 fully saturated rings. The van der Waals surface area contributed by atoms with Gasteiger partial charge in [-0.3, -0.25) is 0 Å². The fraction of sp³-hybridized carbons (Fsp3) is 0.538. The molecule has 0 heterocycles. The predicted octanol–water partition coefficient (Wildman–Crippen LogP) is 2.02. The van der Waals surface area contributed by atoms with E-state index in [1.54, 1.807) is 13.2 Å². The van der Waals surface area contributed by atoms with Crippen LogP contribution in [0.2, 0.25) is 0 Å². The van der Waals surface area contributed by atoms with Crippen molar-refractivity contribution in [1.82, 2.24) is 5.32 Å². The van der Waals surface area contributed by atoms with Gasteiger partial charge in [-0.2, -0.15) is 0 Å². The van der Waals surface area contributed by atoms with Crippen molar-refractivity contribution >= 4 is 5.69 Å². The van der Waals surface area contributed by atoms with Crippen LogP contribution in [-0.4, -0.2) is 34.4 Å². The van der Waals surface area contributed by atoms with Crippen LogP contribution in [0.15, 0.2) is 18.2 Å². The standard InChI is InChI=1S/C13H21FN2O/c1-15-10-11-12(14)6-4-7-13(11)16(2)8-5-9-17-3/h4,6-7,15H,5,8-10H2,1-3H3. The molecular weight excluding hydrogens is 219 g/mol. The molecular formula is C13H21FN2O. The molecule has 96 valence electrons. The minimum atomic E-state index is -0.157. The first kappa shape index (κ1) is 13.9. The first-order valence-corrected chi connectivity index (χ1v) is 5.82. The maximum atomic E-state index is 13.7. The highest BCUT2D eigenvalue weighted by Gasteiger charge is 2.10. The number of methoxy groups -OCH3 is 1. The molecule has 0 bridgehead atoms. The normalized spacial score (nSPS) is 10.6. The number of rotatable bonds is 7. The number of hydrogen-bond donors (Lipinski definition) is 1. The lowest BCUT2D eigenvalue weighted by Gasteiger charge is -2.22. The second-order valence-corrected chi connectivity index (χ2v) is 4.04. The summed E-state index contributed by atoms with van der Waals surface area (Å²) in [5, 5.41) is 3.00. The van der Waals surface area contributed by atoms with E-state index in [9.17, 15) is 4.39 Å². The van der Waals surface area contributed by atoms with E-state index in [4.69, 9.17) is 4.74 Å². The Kier molecular flexibility index (Phi) is 5.94. The van der Waals surface area contributed by atoms with Crippen LogP contribution in [0.4, 0.5) is 10.1 Å². The summed E-state index contributed by atoms with van der Waals surface area (Å²) in [5.41, 5.74) is 1.66. The Hall–Kier alpha value is -1.13. The molecule has 4 heteroatoms. The van der Waals surface area contributed by atoms with Crippen LogP contribution in [0.1, 0.15) is 12.0 Å². The molecule has 0 unspecified atom stereocenters. The highest BCUT2D eigenvalue weighted by molar-refractivity contribution is 5.53. The molecule has 0 aliphatic heterocycles. The average Bonchev–Trinajstić information content (AvgIpc) is 2.32. The monoisotopic (exact) mass is 240 g/mol. The van der Waals surface area contributed by atoms with E-state index in [0.717, 1.165) is 30.8 Å².